The van der Waals surface area contributed by atoms with E-state index in [1.54, 1.807) is 42.1 Å². The van der Waals surface area contributed by atoms with Crippen molar-refractivity contribution in [3.05, 3.63) is 70.8 Å². The number of hydrogen-bond acceptors (Lipinski definition) is 3. The summed E-state index contributed by atoms with van der Waals surface area (Å²) in [6.45, 7) is 1.64. The molecule has 25 heavy (non-hydrogen) atoms. The van der Waals surface area contributed by atoms with Gasteiger partial charge in [0.2, 0.25) is 0 Å². The minimum absolute atomic E-state index is 0.315. The molecule has 1 aromatic heterocycles. The number of para-hydroxylation sites is 1. The number of nitrogens with zero attached hydrogens (tertiary/aromatic N) is 2. The Morgan fingerprint density at radius 3 is 2.60 bits per heavy atom. The highest BCUT2D eigenvalue weighted by molar-refractivity contribution is 6.42. The molecular weight excluding hydrogens is 361 g/mol. The molecule has 0 aliphatic heterocycles. The third-order valence-electron chi connectivity index (χ3n) is 3.43. The average Bonchev–Trinajstić information content (AvgIpc) is 3.07. The van der Waals surface area contributed by atoms with Crippen molar-refractivity contribution in [3.63, 3.8) is 0 Å². The summed E-state index contributed by atoms with van der Waals surface area (Å²) in [5, 5.41) is 7.85. The van der Waals surface area contributed by atoms with Crippen LogP contribution in [0, 0.1) is 0 Å². The van der Waals surface area contributed by atoms with Crippen LogP contribution in [0.3, 0.4) is 0 Å². The van der Waals surface area contributed by atoms with Crippen molar-refractivity contribution in [3.8, 4) is 11.4 Å². The first kappa shape index (κ1) is 17.3. The van der Waals surface area contributed by atoms with Crippen LogP contribution >= 0.6 is 23.2 Å². The van der Waals surface area contributed by atoms with Crippen LogP contribution in [0.25, 0.3) is 5.69 Å². The first-order valence-corrected chi connectivity index (χ1v) is 8.32. The fourth-order valence-corrected chi connectivity index (χ4v) is 2.44. The molecular formula is C18H15Cl2N3O2. The normalized spacial score (nSPS) is 11.8. The van der Waals surface area contributed by atoms with E-state index >= 15 is 0 Å². The number of anilines is 1. The van der Waals surface area contributed by atoms with Gasteiger partial charge in [0.1, 0.15) is 5.75 Å². The number of nitrogens with one attached hydrogen (secondary N) is 1. The summed E-state index contributed by atoms with van der Waals surface area (Å²) >= 11 is 11.8. The fourth-order valence-electron chi connectivity index (χ4n) is 2.15. The molecule has 2 aromatic carbocycles. The molecule has 7 heteroatoms. The van der Waals surface area contributed by atoms with Gasteiger partial charge in [0.25, 0.3) is 5.91 Å². The lowest BCUT2D eigenvalue weighted by atomic mass is 10.3. The van der Waals surface area contributed by atoms with E-state index in [1.165, 1.54) is 0 Å². The van der Waals surface area contributed by atoms with Crippen molar-refractivity contribution < 1.29 is 9.53 Å². The summed E-state index contributed by atoms with van der Waals surface area (Å²) in [5.74, 6) is 0.592. The van der Waals surface area contributed by atoms with Crippen LogP contribution in [-0.2, 0) is 4.79 Å². The van der Waals surface area contributed by atoms with Crippen molar-refractivity contribution in [1.82, 2.24) is 9.78 Å². The van der Waals surface area contributed by atoms with E-state index in [9.17, 15) is 4.79 Å². The predicted molar refractivity (Wildman–Crippen MR) is 98.7 cm³/mol. The summed E-state index contributed by atoms with van der Waals surface area (Å²) < 4.78 is 7.27. The predicted octanol–water partition coefficient (Wildman–Crippen LogP) is 4.59. The molecule has 0 spiro atoms. The SMILES string of the molecule is CC(Oc1ccc(Cl)c(Cl)c1)C(=O)Nc1ccn(-c2ccccc2)n1. The summed E-state index contributed by atoms with van der Waals surface area (Å²) in [7, 11) is 0. The van der Waals surface area contributed by atoms with Crippen LogP contribution in [0.5, 0.6) is 5.75 Å². The number of aromatic nitrogens is 2. The Kier molecular flexibility index (Phi) is 5.26. The van der Waals surface area contributed by atoms with Crippen LogP contribution < -0.4 is 10.1 Å². The molecule has 0 saturated heterocycles. The fraction of sp³-hybridized carbons (Fsp3) is 0.111. The average molecular weight is 376 g/mol. The quantitative estimate of drug-likeness (QED) is 0.709. The minimum atomic E-state index is -0.723. The van der Waals surface area contributed by atoms with Crippen LogP contribution in [0.4, 0.5) is 5.82 Å². The zero-order chi connectivity index (χ0) is 17.8. The number of amides is 1. The molecule has 1 amide bonds. The molecule has 1 atom stereocenters. The molecule has 5 nitrogen and oxygen atoms in total. The molecule has 128 valence electrons. The Morgan fingerprint density at radius 2 is 1.88 bits per heavy atom. The van der Waals surface area contributed by atoms with E-state index < -0.39 is 6.10 Å². The Balaban J connectivity index is 1.63. The molecule has 3 aromatic rings. The summed E-state index contributed by atoms with van der Waals surface area (Å²) in [4.78, 5) is 12.3. The first-order chi connectivity index (χ1) is 12.0. The third-order valence-corrected chi connectivity index (χ3v) is 4.17. The molecule has 0 aliphatic rings. The molecule has 0 fully saturated rings. The second-order valence-electron chi connectivity index (χ2n) is 5.31. The Bertz CT molecular complexity index is 881. The van der Waals surface area contributed by atoms with Crippen LogP contribution in [0.2, 0.25) is 10.0 Å². The van der Waals surface area contributed by atoms with Crippen molar-refractivity contribution in [1.29, 1.82) is 0 Å². The molecule has 0 saturated carbocycles. The molecule has 1 unspecified atom stereocenters. The molecule has 0 radical (unpaired) electrons. The standard InChI is InChI=1S/C18H15Cl2N3O2/c1-12(25-14-7-8-15(19)16(20)11-14)18(24)21-17-9-10-23(22-17)13-5-3-2-4-6-13/h2-12H,1H3,(H,21,22,24). The maximum absolute atomic E-state index is 12.3. The molecule has 0 bridgehead atoms. The van der Waals surface area contributed by atoms with E-state index in [0.717, 1.165) is 5.69 Å². The number of rotatable bonds is 5. The van der Waals surface area contributed by atoms with Crippen LogP contribution in [-0.4, -0.2) is 21.8 Å². The van der Waals surface area contributed by atoms with E-state index in [0.29, 0.717) is 21.6 Å². The first-order valence-electron chi connectivity index (χ1n) is 7.56. The van der Waals surface area contributed by atoms with Gasteiger partial charge in [0, 0.05) is 18.3 Å². The Labute approximate surface area is 155 Å². The minimum Gasteiger partial charge on any atom is -0.481 e. The van der Waals surface area contributed by atoms with Gasteiger partial charge in [-0.2, -0.15) is 5.10 Å². The van der Waals surface area contributed by atoms with Gasteiger partial charge in [-0.05, 0) is 31.2 Å². The smallest absolute Gasteiger partial charge is 0.266 e. The van der Waals surface area contributed by atoms with Gasteiger partial charge in [0.15, 0.2) is 11.9 Å². The largest absolute Gasteiger partial charge is 0.481 e. The van der Waals surface area contributed by atoms with Gasteiger partial charge in [-0.15, -0.1) is 0 Å². The van der Waals surface area contributed by atoms with E-state index in [4.69, 9.17) is 27.9 Å². The molecule has 1 N–H and O–H groups in total. The highest BCUT2D eigenvalue weighted by atomic mass is 35.5. The second-order valence-corrected chi connectivity index (χ2v) is 6.12. The summed E-state index contributed by atoms with van der Waals surface area (Å²) in [6, 6.07) is 16.2. The zero-order valence-electron chi connectivity index (χ0n) is 13.3. The maximum Gasteiger partial charge on any atom is 0.266 e. The molecule has 3 rings (SSSR count). The molecule has 0 aliphatic carbocycles. The number of carbonyl (C=O) groups is 1. The zero-order valence-corrected chi connectivity index (χ0v) is 14.8. The van der Waals surface area contributed by atoms with Crippen molar-refractivity contribution >= 4 is 34.9 Å². The number of ether oxygens (including phenoxy) is 1. The van der Waals surface area contributed by atoms with E-state index in [1.807, 2.05) is 30.3 Å². The number of hydrogen-bond donors (Lipinski definition) is 1. The van der Waals surface area contributed by atoms with Gasteiger partial charge < -0.3 is 10.1 Å². The van der Waals surface area contributed by atoms with Gasteiger partial charge in [-0.1, -0.05) is 41.4 Å². The van der Waals surface area contributed by atoms with Gasteiger partial charge in [-0.25, -0.2) is 4.68 Å². The highest BCUT2D eigenvalue weighted by Gasteiger charge is 2.16. The third kappa shape index (κ3) is 4.32. The summed E-state index contributed by atoms with van der Waals surface area (Å²) in [6.07, 6.45) is 1.05. The lowest BCUT2D eigenvalue weighted by Gasteiger charge is -2.14. The van der Waals surface area contributed by atoms with Crippen molar-refractivity contribution in [2.45, 2.75) is 13.0 Å². The Morgan fingerprint density at radius 1 is 1.12 bits per heavy atom. The lowest BCUT2D eigenvalue weighted by molar-refractivity contribution is -0.122. The van der Waals surface area contributed by atoms with Gasteiger partial charge in [0.05, 0.1) is 15.7 Å². The lowest BCUT2D eigenvalue weighted by Crippen LogP contribution is -2.30. The van der Waals surface area contributed by atoms with E-state index in [2.05, 4.69) is 10.4 Å². The topological polar surface area (TPSA) is 56.1 Å². The van der Waals surface area contributed by atoms with E-state index in [-0.39, 0.29) is 5.91 Å². The van der Waals surface area contributed by atoms with Crippen molar-refractivity contribution in [2.24, 2.45) is 0 Å². The van der Waals surface area contributed by atoms with Gasteiger partial charge >= 0.3 is 0 Å². The van der Waals surface area contributed by atoms with Crippen LogP contribution in [0.15, 0.2) is 60.8 Å². The molecule has 1 heterocycles. The van der Waals surface area contributed by atoms with Crippen LogP contribution in [0.1, 0.15) is 6.92 Å². The number of halogens is 2. The Hall–Kier alpha value is -2.50. The number of benzene rings is 2. The highest BCUT2D eigenvalue weighted by Crippen LogP contribution is 2.27. The van der Waals surface area contributed by atoms with Gasteiger partial charge in [-0.3, -0.25) is 4.79 Å². The maximum atomic E-state index is 12.3. The monoisotopic (exact) mass is 375 g/mol. The second kappa shape index (κ2) is 7.59. The number of carbonyl (C=O) groups excluding carboxylic acids is 1. The summed E-state index contributed by atoms with van der Waals surface area (Å²) in [5.41, 5.74) is 0.906. The van der Waals surface area contributed by atoms with Crippen molar-refractivity contribution in [2.75, 3.05) is 5.32 Å².